The van der Waals surface area contributed by atoms with E-state index in [9.17, 15) is 28.4 Å². The number of pyridine rings is 2. The number of nitrogens with zero attached hydrogens (tertiary/aromatic N) is 9. The lowest BCUT2D eigenvalue weighted by Crippen LogP contribution is -2.56. The SMILES string of the molecule is COc1cc(CN2CCN(C3CCN(C4CCN(c5ccc(C(=O)NS(=O)(=O)c6ccc(NCC7CCC(C)(O)CC7)c([N+](=O)[O-])c6)c(N6c7cc8cc[nH]c8nc7O[C@H]7COCC[C@@H]76)c5)CC4)CC3)[C@H](c3ccccc3C(C)C)C2)cnc1N1CCOCC1. The van der Waals surface area contributed by atoms with Crippen molar-refractivity contribution in [2.24, 2.45) is 5.92 Å². The highest BCUT2D eigenvalue weighted by molar-refractivity contribution is 7.90. The van der Waals surface area contributed by atoms with Crippen LogP contribution in [0.2, 0.25) is 0 Å². The molecule has 3 aromatic heterocycles. The first-order chi connectivity index (χ1) is 43.6. The molecule has 1 amide bonds. The number of aliphatic hydroxyl groups is 1. The van der Waals surface area contributed by atoms with Crippen LogP contribution in [0.15, 0.2) is 96.2 Å². The van der Waals surface area contributed by atoms with Gasteiger partial charge in [0.25, 0.3) is 21.6 Å². The number of nitrogens with one attached hydrogen (secondary N) is 3. The predicted molar refractivity (Wildman–Crippen MR) is 346 cm³/mol. The molecule has 3 aromatic carbocycles. The maximum absolute atomic E-state index is 14.9. The van der Waals surface area contributed by atoms with Crippen LogP contribution in [0.5, 0.6) is 11.6 Å². The Morgan fingerprint density at radius 2 is 1.64 bits per heavy atom. The Morgan fingerprint density at radius 1 is 0.867 bits per heavy atom. The first-order valence-electron chi connectivity index (χ1n) is 32.5. The largest absolute Gasteiger partial charge is 0.493 e. The highest BCUT2D eigenvalue weighted by Crippen LogP contribution is 2.47. The van der Waals surface area contributed by atoms with E-state index in [2.05, 4.69) is 88.6 Å². The topological polar surface area (TPSA) is 237 Å². The zero-order valence-electron chi connectivity index (χ0n) is 52.2. The van der Waals surface area contributed by atoms with Gasteiger partial charge in [-0.2, -0.15) is 4.98 Å². The highest BCUT2D eigenvalue weighted by atomic mass is 32.2. The van der Waals surface area contributed by atoms with Gasteiger partial charge in [-0.15, -0.1) is 0 Å². The third kappa shape index (κ3) is 13.0. The van der Waals surface area contributed by atoms with Gasteiger partial charge in [-0.3, -0.25) is 24.7 Å². The normalized spacial score (nSPS) is 24.4. The van der Waals surface area contributed by atoms with Crippen LogP contribution >= 0.6 is 0 Å². The molecule has 0 spiro atoms. The second kappa shape index (κ2) is 26.2. The highest BCUT2D eigenvalue weighted by Gasteiger charge is 2.43. The zero-order valence-corrected chi connectivity index (χ0v) is 53.0. The maximum atomic E-state index is 14.9. The summed E-state index contributed by atoms with van der Waals surface area (Å²) in [7, 11) is -2.91. The molecule has 4 N–H and O–H groups in total. The number of aromatic nitrogens is 3. The average Bonchev–Trinajstić information content (AvgIpc) is 1.07. The van der Waals surface area contributed by atoms with E-state index in [-0.39, 0.29) is 29.3 Å². The number of nitro groups is 1. The number of amides is 1. The molecule has 0 bridgehead atoms. The first-order valence-corrected chi connectivity index (χ1v) is 33.9. The number of benzene rings is 3. The molecule has 0 radical (unpaired) electrons. The van der Waals surface area contributed by atoms with Crippen LogP contribution in [0.1, 0.15) is 118 Å². The number of aromatic amines is 1. The molecule has 480 valence electrons. The number of ether oxygens (including phenoxy) is 4. The van der Waals surface area contributed by atoms with Gasteiger partial charge in [0.05, 0.1) is 59.6 Å². The minimum atomic E-state index is -4.65. The van der Waals surface area contributed by atoms with E-state index in [4.69, 9.17) is 28.9 Å². The van der Waals surface area contributed by atoms with Gasteiger partial charge in [-0.1, -0.05) is 38.1 Å². The van der Waals surface area contributed by atoms with Crippen molar-refractivity contribution in [2.75, 3.05) is 119 Å². The summed E-state index contributed by atoms with van der Waals surface area (Å²) < 4.78 is 55.0. The Hall–Kier alpha value is -7.12. The Bertz CT molecular complexity index is 3670. The van der Waals surface area contributed by atoms with Crippen LogP contribution in [0, 0.1) is 16.0 Å². The summed E-state index contributed by atoms with van der Waals surface area (Å²) in [6.07, 6.45) is 10.8. The minimum Gasteiger partial charge on any atom is -0.493 e. The van der Waals surface area contributed by atoms with Crippen LogP contribution in [0.3, 0.4) is 0 Å². The third-order valence-corrected chi connectivity index (χ3v) is 21.5. The van der Waals surface area contributed by atoms with Crippen LogP contribution in [0.25, 0.3) is 11.0 Å². The predicted octanol–water partition coefficient (Wildman–Crippen LogP) is 8.99. The van der Waals surface area contributed by atoms with E-state index in [0.29, 0.717) is 93.1 Å². The van der Waals surface area contributed by atoms with Gasteiger partial charge in [0.15, 0.2) is 11.6 Å². The summed E-state index contributed by atoms with van der Waals surface area (Å²) in [5.41, 5.74) is 5.79. The summed E-state index contributed by atoms with van der Waals surface area (Å²) in [6, 6.07) is 25.2. The molecule has 1 aliphatic carbocycles. The number of nitro benzene ring substituents is 1. The fourth-order valence-electron chi connectivity index (χ4n) is 15.1. The molecule has 9 heterocycles. The fourth-order valence-corrected chi connectivity index (χ4v) is 16.1. The molecule has 6 aliphatic heterocycles. The molecule has 6 aromatic rings. The number of hydrogen-bond donors (Lipinski definition) is 4. The number of anilines is 5. The molecule has 7 aliphatic rings. The van der Waals surface area contributed by atoms with Crippen molar-refractivity contribution in [1.29, 1.82) is 0 Å². The molecular weight excluding hydrogens is 1160 g/mol. The first kappa shape index (κ1) is 61.7. The number of H-pyrrole nitrogens is 1. The maximum Gasteiger partial charge on any atom is 0.293 e. The number of carbonyl (C=O) groups is 1. The quantitative estimate of drug-likeness (QED) is 0.0492. The van der Waals surface area contributed by atoms with Crippen LogP contribution in [-0.2, 0) is 26.0 Å². The third-order valence-electron chi connectivity index (χ3n) is 20.2. The summed E-state index contributed by atoms with van der Waals surface area (Å²) in [5.74, 6) is 1.76. The van der Waals surface area contributed by atoms with Gasteiger partial charge in [0.2, 0.25) is 5.88 Å². The number of sulfonamides is 1. The van der Waals surface area contributed by atoms with Crippen molar-refractivity contribution in [1.82, 2.24) is 34.4 Å². The molecule has 3 atom stereocenters. The molecule has 6 fully saturated rings. The van der Waals surface area contributed by atoms with Crippen LogP contribution in [-0.4, -0.2) is 183 Å². The number of morpholine rings is 1. The van der Waals surface area contributed by atoms with Crippen molar-refractivity contribution in [3.63, 3.8) is 0 Å². The smallest absolute Gasteiger partial charge is 0.293 e. The van der Waals surface area contributed by atoms with E-state index in [1.165, 1.54) is 23.3 Å². The number of piperazine rings is 1. The van der Waals surface area contributed by atoms with Gasteiger partial charge in [0, 0.05) is 113 Å². The Kier molecular flexibility index (Phi) is 18.0. The van der Waals surface area contributed by atoms with Crippen LogP contribution < -0.4 is 34.2 Å². The number of fused-ring (bicyclic) bond motifs is 3. The molecule has 23 heteroatoms. The second-order valence-electron chi connectivity index (χ2n) is 26.3. The molecule has 22 nitrogen and oxygen atoms in total. The van der Waals surface area contributed by atoms with E-state index in [1.807, 2.05) is 43.6 Å². The van der Waals surface area contributed by atoms with E-state index in [0.717, 1.165) is 138 Å². The lowest BCUT2D eigenvalue weighted by molar-refractivity contribution is -0.384. The summed E-state index contributed by atoms with van der Waals surface area (Å²) in [4.78, 5) is 54.2. The molecule has 0 unspecified atom stereocenters. The van der Waals surface area contributed by atoms with E-state index < -0.39 is 43.1 Å². The minimum absolute atomic E-state index is 0.107. The monoisotopic (exact) mass is 1250 g/mol. The van der Waals surface area contributed by atoms with Crippen molar-refractivity contribution < 1.29 is 42.2 Å². The average molecular weight is 1250 g/mol. The van der Waals surface area contributed by atoms with Gasteiger partial charge >= 0.3 is 0 Å². The van der Waals surface area contributed by atoms with E-state index in [1.54, 1.807) is 13.2 Å². The molecule has 13 rings (SSSR count). The lowest BCUT2D eigenvalue weighted by atomic mass is 9.80. The number of methoxy groups -OCH3 is 1. The fraction of sp³-hybridized carbons (Fsp3) is 0.537. The van der Waals surface area contributed by atoms with Crippen LogP contribution in [0.4, 0.5) is 34.3 Å². The number of hydrogen-bond acceptors (Lipinski definition) is 19. The molecule has 5 saturated heterocycles. The van der Waals surface area contributed by atoms with E-state index >= 15 is 0 Å². The van der Waals surface area contributed by atoms with Crippen molar-refractivity contribution in [2.45, 2.75) is 132 Å². The summed E-state index contributed by atoms with van der Waals surface area (Å²) >= 11 is 0. The standard InChI is InChI=1S/C67H86N12O10S/c1-44(2)52-7-5-6-8-53(52)60-42-73(41-46-35-61(86-4)64(70-40-46)76-30-33-87-34-31-76)28-29-77(60)49-18-26-74(27-19-49)48-16-24-75(25-17-48)50-9-11-54(57(37-50)78-56-20-32-88-43-62(56)89-66-59(78)36-47-15-23-68-63(47)71-66)65(80)72-90(84,85)51-10-12-55(58(38-51)79(82)83)69-39-45-13-21-67(3,81)22-14-45/h5-12,15,23,35-38,40,44-45,48-49,56,60,62,69,81H,13-14,16-22,24-34,39,41-43H2,1-4H3,(H,68,71)(H,72,80)/t45?,56-,60-,62-,67?/m0/s1. The van der Waals surface area contributed by atoms with Gasteiger partial charge in [-0.25, -0.2) is 18.1 Å². The van der Waals surface area contributed by atoms with Crippen molar-refractivity contribution in [3.05, 3.63) is 124 Å². The van der Waals surface area contributed by atoms with Gasteiger partial charge in [-0.05, 0) is 155 Å². The number of carbonyl (C=O) groups excluding carboxylic acids is 1. The Balaban J connectivity index is 0.712. The Labute approximate surface area is 527 Å². The zero-order chi connectivity index (χ0) is 62.3. The van der Waals surface area contributed by atoms with Crippen molar-refractivity contribution >= 4 is 61.2 Å². The second-order valence-corrected chi connectivity index (χ2v) is 28.0. The molecule has 90 heavy (non-hydrogen) atoms. The summed E-state index contributed by atoms with van der Waals surface area (Å²) in [5, 5.41) is 26.9. The van der Waals surface area contributed by atoms with Crippen molar-refractivity contribution in [3.8, 4) is 11.6 Å². The summed E-state index contributed by atoms with van der Waals surface area (Å²) in [6.45, 7) is 17.9. The molecular formula is C67H86N12O10S. The Morgan fingerprint density at radius 3 is 2.41 bits per heavy atom. The van der Waals surface area contributed by atoms with Gasteiger partial charge in [0.1, 0.15) is 23.1 Å². The number of piperidine rings is 2. The number of likely N-dealkylation sites (tertiary alicyclic amines) is 1. The van der Waals surface area contributed by atoms with Gasteiger partial charge < -0.3 is 54.0 Å². The number of rotatable bonds is 17. The molecule has 1 saturated carbocycles. The lowest BCUT2D eigenvalue weighted by Gasteiger charge is -2.49.